The van der Waals surface area contributed by atoms with Crippen LogP contribution in [-0.2, 0) is 12.8 Å². The highest BCUT2D eigenvalue weighted by atomic mass is 32.2. The first-order valence-electron chi connectivity index (χ1n) is 8.77. The van der Waals surface area contributed by atoms with Crippen molar-refractivity contribution in [1.29, 1.82) is 0 Å². The molecule has 1 saturated heterocycles. The van der Waals surface area contributed by atoms with E-state index < -0.39 is 0 Å². The van der Waals surface area contributed by atoms with E-state index in [9.17, 15) is 0 Å². The number of methoxy groups -OCH3 is 1. The fourth-order valence-electron chi connectivity index (χ4n) is 3.47. The molecule has 0 saturated carbocycles. The minimum atomic E-state index is 0.422. The Labute approximate surface area is 152 Å². The lowest BCUT2D eigenvalue weighted by Gasteiger charge is -2.27. The third-order valence-electron chi connectivity index (χ3n) is 4.79. The van der Waals surface area contributed by atoms with Crippen molar-refractivity contribution in [3.05, 3.63) is 41.6 Å². The second kappa shape index (κ2) is 7.52. The zero-order valence-electron chi connectivity index (χ0n) is 14.5. The molecule has 0 aliphatic carbocycles. The van der Waals surface area contributed by atoms with Crippen molar-refractivity contribution in [2.24, 2.45) is 5.92 Å². The maximum Gasteiger partial charge on any atom is 0.164 e. The molecule has 6 heteroatoms. The Morgan fingerprint density at radius 2 is 2.08 bits per heavy atom. The highest BCUT2D eigenvalue weighted by molar-refractivity contribution is 7.99. The van der Waals surface area contributed by atoms with E-state index in [-0.39, 0.29) is 0 Å². The van der Waals surface area contributed by atoms with Crippen molar-refractivity contribution in [3.63, 3.8) is 0 Å². The Kier molecular flexibility index (Phi) is 4.97. The summed E-state index contributed by atoms with van der Waals surface area (Å²) in [5, 5.41) is 8.90. The smallest absolute Gasteiger partial charge is 0.164 e. The number of para-hydroxylation sites is 1. The number of thioether (sulfide) groups is 1. The number of rotatable bonds is 4. The highest BCUT2D eigenvalue weighted by Gasteiger charge is 2.23. The number of nitrogens with zero attached hydrogens (tertiary/aromatic N) is 3. The van der Waals surface area contributed by atoms with Gasteiger partial charge in [0.1, 0.15) is 0 Å². The predicted molar refractivity (Wildman–Crippen MR) is 101 cm³/mol. The van der Waals surface area contributed by atoms with Crippen molar-refractivity contribution in [3.8, 4) is 11.5 Å². The summed E-state index contributed by atoms with van der Waals surface area (Å²) in [4.78, 5) is 2.32. The Morgan fingerprint density at radius 3 is 2.84 bits per heavy atom. The largest absolute Gasteiger partial charge is 0.493 e. The first-order chi connectivity index (χ1) is 12.3. The van der Waals surface area contributed by atoms with Crippen LogP contribution in [0.2, 0.25) is 0 Å². The van der Waals surface area contributed by atoms with Crippen LogP contribution in [0, 0.1) is 5.92 Å². The van der Waals surface area contributed by atoms with E-state index >= 15 is 0 Å². The lowest BCUT2D eigenvalue weighted by atomic mass is 9.92. The minimum absolute atomic E-state index is 0.422. The van der Waals surface area contributed by atoms with Crippen LogP contribution >= 0.6 is 11.8 Å². The summed E-state index contributed by atoms with van der Waals surface area (Å²) >= 11 is 2.00. The summed E-state index contributed by atoms with van der Waals surface area (Å²) in [6, 6.07) is 10.3. The number of aromatic nitrogens is 2. The maximum absolute atomic E-state index is 5.97. The molecule has 2 aromatic rings. The molecule has 5 nitrogen and oxygen atoms in total. The number of anilines is 1. The van der Waals surface area contributed by atoms with Gasteiger partial charge in [-0.15, -0.1) is 5.10 Å². The van der Waals surface area contributed by atoms with Gasteiger partial charge < -0.3 is 14.4 Å². The molecule has 132 valence electrons. The summed E-state index contributed by atoms with van der Waals surface area (Å²) in [6.45, 7) is 2.82. The summed E-state index contributed by atoms with van der Waals surface area (Å²) in [5.41, 5.74) is 2.25. The number of hydrogen-bond acceptors (Lipinski definition) is 6. The molecular formula is C19H23N3O2S. The van der Waals surface area contributed by atoms with Crippen LogP contribution in [0.1, 0.15) is 11.3 Å². The van der Waals surface area contributed by atoms with Crippen LogP contribution < -0.4 is 14.4 Å². The fourth-order valence-corrected chi connectivity index (χ4v) is 4.37. The Hall–Kier alpha value is -1.95. The van der Waals surface area contributed by atoms with Gasteiger partial charge in [-0.1, -0.05) is 12.1 Å². The van der Waals surface area contributed by atoms with Crippen LogP contribution in [0.15, 0.2) is 30.3 Å². The third kappa shape index (κ3) is 3.68. The molecule has 1 atom stereocenters. The standard InChI is InChI=1S/C19H23N3O2S/c1-23-17-4-2-3-15-11-14(13-24-19(15)17)12-16-5-6-18(21-20-16)22-7-9-25-10-8-22/h2-6,14H,7-13H2,1H3/t14-/m0/s1. The van der Waals surface area contributed by atoms with E-state index in [4.69, 9.17) is 9.47 Å². The second-order valence-corrected chi connectivity index (χ2v) is 7.74. The molecule has 0 spiro atoms. The highest BCUT2D eigenvalue weighted by Crippen LogP contribution is 2.36. The third-order valence-corrected chi connectivity index (χ3v) is 5.73. The van der Waals surface area contributed by atoms with Gasteiger partial charge in [0, 0.05) is 30.5 Å². The van der Waals surface area contributed by atoms with Gasteiger partial charge in [-0.05, 0) is 36.6 Å². The summed E-state index contributed by atoms with van der Waals surface area (Å²) < 4.78 is 11.3. The van der Waals surface area contributed by atoms with E-state index in [1.54, 1.807) is 7.11 Å². The van der Waals surface area contributed by atoms with Crippen molar-refractivity contribution in [1.82, 2.24) is 10.2 Å². The molecule has 0 N–H and O–H groups in total. The first kappa shape index (κ1) is 16.5. The molecule has 2 aliphatic heterocycles. The topological polar surface area (TPSA) is 47.5 Å². The SMILES string of the molecule is COc1cccc2c1OC[C@H](Cc1ccc(N3CCSCC3)nn1)C2. The number of fused-ring (bicyclic) bond motifs is 1. The molecule has 0 radical (unpaired) electrons. The van der Waals surface area contributed by atoms with Gasteiger partial charge in [0.25, 0.3) is 0 Å². The molecule has 1 aromatic carbocycles. The number of benzene rings is 1. The van der Waals surface area contributed by atoms with Crippen molar-refractivity contribution >= 4 is 17.6 Å². The van der Waals surface area contributed by atoms with Crippen molar-refractivity contribution in [2.75, 3.05) is 43.2 Å². The quantitative estimate of drug-likeness (QED) is 0.839. The molecule has 0 unspecified atom stereocenters. The molecule has 1 aromatic heterocycles. The van der Waals surface area contributed by atoms with E-state index in [2.05, 4.69) is 33.3 Å². The number of ether oxygens (including phenoxy) is 2. The van der Waals surface area contributed by atoms with Crippen LogP contribution in [0.5, 0.6) is 11.5 Å². The molecule has 0 bridgehead atoms. The fraction of sp³-hybridized carbons (Fsp3) is 0.474. The lowest BCUT2D eigenvalue weighted by Crippen LogP contribution is -2.33. The van der Waals surface area contributed by atoms with Gasteiger partial charge in [0.05, 0.1) is 19.4 Å². The lowest BCUT2D eigenvalue weighted by molar-refractivity contribution is 0.210. The van der Waals surface area contributed by atoms with E-state index in [1.807, 2.05) is 23.9 Å². The van der Waals surface area contributed by atoms with Gasteiger partial charge >= 0.3 is 0 Å². The summed E-state index contributed by atoms with van der Waals surface area (Å²) in [7, 11) is 1.68. The summed E-state index contributed by atoms with van der Waals surface area (Å²) in [6.07, 6.45) is 1.87. The molecule has 25 heavy (non-hydrogen) atoms. The monoisotopic (exact) mass is 357 g/mol. The Bertz CT molecular complexity index is 717. The van der Waals surface area contributed by atoms with Gasteiger partial charge in [0.15, 0.2) is 17.3 Å². The summed E-state index contributed by atoms with van der Waals surface area (Å²) in [5.74, 6) is 5.48. The normalized spacial score (nSPS) is 19.9. The molecule has 1 fully saturated rings. The van der Waals surface area contributed by atoms with Gasteiger partial charge in [0.2, 0.25) is 0 Å². The van der Waals surface area contributed by atoms with Gasteiger partial charge in [-0.25, -0.2) is 0 Å². The van der Waals surface area contributed by atoms with Crippen LogP contribution in [0.25, 0.3) is 0 Å². The average Bonchev–Trinajstić information content (AvgIpc) is 2.68. The zero-order chi connectivity index (χ0) is 17.1. The molecule has 0 amide bonds. The number of hydrogen-bond donors (Lipinski definition) is 0. The Balaban J connectivity index is 1.41. The molecule has 2 aliphatic rings. The van der Waals surface area contributed by atoms with E-state index in [0.717, 1.165) is 48.9 Å². The maximum atomic E-state index is 5.97. The average molecular weight is 357 g/mol. The van der Waals surface area contributed by atoms with Gasteiger partial charge in [-0.2, -0.15) is 16.9 Å². The molecule has 3 heterocycles. The zero-order valence-corrected chi connectivity index (χ0v) is 15.3. The molecule has 4 rings (SSSR count). The minimum Gasteiger partial charge on any atom is -0.493 e. The molecular weight excluding hydrogens is 334 g/mol. The first-order valence-corrected chi connectivity index (χ1v) is 9.93. The Morgan fingerprint density at radius 1 is 1.20 bits per heavy atom. The van der Waals surface area contributed by atoms with Crippen LogP contribution in [0.3, 0.4) is 0 Å². The van der Waals surface area contributed by atoms with Crippen LogP contribution in [-0.4, -0.2) is 48.5 Å². The van der Waals surface area contributed by atoms with Gasteiger partial charge in [-0.3, -0.25) is 0 Å². The van der Waals surface area contributed by atoms with E-state index in [0.29, 0.717) is 12.5 Å². The van der Waals surface area contributed by atoms with E-state index in [1.165, 1.54) is 17.1 Å². The predicted octanol–water partition coefficient (Wildman–Crippen LogP) is 2.83. The van der Waals surface area contributed by atoms with Crippen molar-refractivity contribution < 1.29 is 9.47 Å². The van der Waals surface area contributed by atoms with Crippen molar-refractivity contribution in [2.45, 2.75) is 12.8 Å². The second-order valence-electron chi connectivity index (χ2n) is 6.52. The van der Waals surface area contributed by atoms with Crippen LogP contribution in [0.4, 0.5) is 5.82 Å².